The maximum absolute atomic E-state index is 11.6. The van der Waals surface area contributed by atoms with Gasteiger partial charge in [0.2, 0.25) is 10.0 Å². The topological polar surface area (TPSA) is 84.9 Å². The summed E-state index contributed by atoms with van der Waals surface area (Å²) < 4.78 is 35.6. The van der Waals surface area contributed by atoms with Gasteiger partial charge >= 0.3 is 0 Å². The van der Waals surface area contributed by atoms with Crippen LogP contribution in [0.3, 0.4) is 0 Å². The molecular formula is C11H23NO5S. The van der Waals surface area contributed by atoms with E-state index in [0.29, 0.717) is 26.1 Å². The molecule has 0 unspecified atom stereocenters. The van der Waals surface area contributed by atoms with Gasteiger partial charge in [0.1, 0.15) is 0 Å². The van der Waals surface area contributed by atoms with E-state index in [0.717, 1.165) is 12.8 Å². The molecule has 108 valence electrons. The maximum atomic E-state index is 11.6. The first kappa shape index (κ1) is 15.8. The number of nitrogens with one attached hydrogen (secondary N) is 1. The molecule has 0 aromatic carbocycles. The third kappa shape index (κ3) is 6.10. The summed E-state index contributed by atoms with van der Waals surface area (Å²) in [5.41, 5.74) is -0.857. The van der Waals surface area contributed by atoms with Gasteiger partial charge in [-0.05, 0) is 12.8 Å². The summed E-state index contributed by atoms with van der Waals surface area (Å²) in [7, 11) is -1.81. The third-order valence-electron chi connectivity index (χ3n) is 3.08. The smallest absolute Gasteiger partial charge is 0.213 e. The summed E-state index contributed by atoms with van der Waals surface area (Å²) in [5.74, 6) is -0.0905. The first-order valence-electron chi connectivity index (χ1n) is 6.24. The van der Waals surface area contributed by atoms with Crippen molar-refractivity contribution in [2.24, 2.45) is 0 Å². The Bertz CT molecular complexity index is 324. The van der Waals surface area contributed by atoms with Crippen molar-refractivity contribution in [2.45, 2.75) is 31.3 Å². The second-order valence-corrected chi connectivity index (χ2v) is 6.60. The third-order valence-corrected chi connectivity index (χ3v) is 4.37. The van der Waals surface area contributed by atoms with Crippen molar-refractivity contribution >= 4 is 10.0 Å². The van der Waals surface area contributed by atoms with Crippen molar-refractivity contribution in [1.29, 1.82) is 0 Å². The van der Waals surface area contributed by atoms with Crippen LogP contribution in [0.1, 0.15) is 25.7 Å². The molecule has 0 saturated heterocycles. The van der Waals surface area contributed by atoms with Gasteiger partial charge < -0.3 is 14.6 Å². The molecule has 1 fully saturated rings. The zero-order valence-electron chi connectivity index (χ0n) is 10.9. The summed E-state index contributed by atoms with van der Waals surface area (Å²) in [4.78, 5) is 0. The number of ether oxygens (including phenoxy) is 2. The molecule has 0 atom stereocenters. The molecule has 7 heteroatoms. The lowest BCUT2D eigenvalue weighted by molar-refractivity contribution is 0.0529. The Kier molecular flexibility index (Phi) is 6.51. The van der Waals surface area contributed by atoms with Crippen LogP contribution in [-0.4, -0.2) is 58.4 Å². The standard InChI is InChI=1S/C11H23NO5S/c1-16-6-7-17-8-9-18(14,15)12-10-11(13)4-2-3-5-11/h12-13H,2-10H2,1H3. The summed E-state index contributed by atoms with van der Waals surface area (Å²) in [5, 5.41) is 10.0. The largest absolute Gasteiger partial charge is 0.389 e. The Morgan fingerprint density at radius 1 is 1.22 bits per heavy atom. The number of hydrogen-bond donors (Lipinski definition) is 2. The predicted molar refractivity (Wildman–Crippen MR) is 67.9 cm³/mol. The Labute approximate surface area is 109 Å². The normalized spacial score (nSPS) is 19.2. The van der Waals surface area contributed by atoms with Crippen LogP contribution < -0.4 is 4.72 Å². The second kappa shape index (κ2) is 7.40. The fraction of sp³-hybridized carbons (Fsp3) is 1.00. The average Bonchev–Trinajstić information content (AvgIpc) is 2.74. The van der Waals surface area contributed by atoms with Crippen LogP contribution in [0.4, 0.5) is 0 Å². The van der Waals surface area contributed by atoms with Gasteiger partial charge in [-0.2, -0.15) is 0 Å². The highest BCUT2D eigenvalue weighted by atomic mass is 32.2. The number of methoxy groups -OCH3 is 1. The number of rotatable bonds is 9. The maximum Gasteiger partial charge on any atom is 0.213 e. The highest BCUT2D eigenvalue weighted by Crippen LogP contribution is 2.28. The van der Waals surface area contributed by atoms with E-state index in [1.54, 1.807) is 7.11 Å². The van der Waals surface area contributed by atoms with Crippen molar-refractivity contribution in [1.82, 2.24) is 4.72 Å². The molecule has 0 spiro atoms. The zero-order valence-corrected chi connectivity index (χ0v) is 11.7. The molecule has 18 heavy (non-hydrogen) atoms. The van der Waals surface area contributed by atoms with Crippen LogP contribution in [0.15, 0.2) is 0 Å². The number of aliphatic hydroxyl groups is 1. The van der Waals surface area contributed by atoms with Gasteiger partial charge in [-0.15, -0.1) is 0 Å². The van der Waals surface area contributed by atoms with Gasteiger partial charge in [0.25, 0.3) is 0 Å². The average molecular weight is 281 g/mol. The highest BCUT2D eigenvalue weighted by molar-refractivity contribution is 7.89. The van der Waals surface area contributed by atoms with Crippen LogP contribution in [-0.2, 0) is 19.5 Å². The Balaban J connectivity index is 2.19. The molecule has 2 N–H and O–H groups in total. The van der Waals surface area contributed by atoms with Gasteiger partial charge in [-0.25, -0.2) is 13.1 Å². The molecule has 1 rings (SSSR count). The van der Waals surface area contributed by atoms with Gasteiger partial charge in [-0.1, -0.05) is 12.8 Å². The van der Waals surface area contributed by atoms with Crippen molar-refractivity contribution in [3.8, 4) is 0 Å². The lowest BCUT2D eigenvalue weighted by Gasteiger charge is -2.22. The molecule has 6 nitrogen and oxygen atoms in total. The predicted octanol–water partition coefficient (Wildman–Crippen LogP) is -0.126. The van der Waals surface area contributed by atoms with E-state index in [2.05, 4.69) is 4.72 Å². The van der Waals surface area contributed by atoms with Crippen LogP contribution in [0, 0.1) is 0 Å². The van der Waals surface area contributed by atoms with Crippen LogP contribution in [0.25, 0.3) is 0 Å². The monoisotopic (exact) mass is 281 g/mol. The second-order valence-electron chi connectivity index (χ2n) is 4.68. The molecule has 1 saturated carbocycles. The summed E-state index contributed by atoms with van der Waals surface area (Å²) in [6, 6.07) is 0. The fourth-order valence-electron chi connectivity index (χ4n) is 1.94. The van der Waals surface area contributed by atoms with E-state index in [9.17, 15) is 13.5 Å². The lowest BCUT2D eigenvalue weighted by Crippen LogP contribution is -2.42. The van der Waals surface area contributed by atoms with Crippen molar-refractivity contribution in [3.05, 3.63) is 0 Å². The minimum Gasteiger partial charge on any atom is -0.389 e. The summed E-state index contributed by atoms with van der Waals surface area (Å²) >= 11 is 0. The molecule has 0 radical (unpaired) electrons. The van der Waals surface area contributed by atoms with Crippen LogP contribution >= 0.6 is 0 Å². The Morgan fingerprint density at radius 3 is 2.50 bits per heavy atom. The van der Waals surface area contributed by atoms with E-state index in [1.165, 1.54) is 0 Å². The fourth-order valence-corrected chi connectivity index (χ4v) is 2.91. The minimum absolute atomic E-state index is 0.0905. The van der Waals surface area contributed by atoms with Crippen molar-refractivity contribution < 1.29 is 23.0 Å². The summed E-state index contributed by atoms with van der Waals surface area (Å²) in [6.07, 6.45) is 3.25. The zero-order chi connectivity index (χ0) is 13.5. The number of hydrogen-bond acceptors (Lipinski definition) is 5. The van der Waals surface area contributed by atoms with Gasteiger partial charge in [0.05, 0.1) is 31.2 Å². The minimum atomic E-state index is -3.37. The molecular weight excluding hydrogens is 258 g/mol. The van der Waals surface area contributed by atoms with E-state index in [4.69, 9.17) is 9.47 Å². The Hall–Kier alpha value is -0.210. The van der Waals surface area contributed by atoms with Crippen molar-refractivity contribution in [3.63, 3.8) is 0 Å². The molecule has 0 aromatic rings. The highest BCUT2D eigenvalue weighted by Gasteiger charge is 2.32. The van der Waals surface area contributed by atoms with Gasteiger partial charge in [0, 0.05) is 13.7 Å². The molecule has 0 aromatic heterocycles. The van der Waals surface area contributed by atoms with Crippen molar-refractivity contribution in [2.75, 3.05) is 39.2 Å². The molecule has 0 bridgehead atoms. The molecule has 0 amide bonds. The van der Waals surface area contributed by atoms with Crippen LogP contribution in [0.5, 0.6) is 0 Å². The quantitative estimate of drug-likeness (QED) is 0.575. The van der Waals surface area contributed by atoms with E-state index >= 15 is 0 Å². The summed E-state index contributed by atoms with van der Waals surface area (Å²) in [6.45, 7) is 1.08. The molecule has 0 heterocycles. The lowest BCUT2D eigenvalue weighted by atomic mass is 10.0. The number of sulfonamides is 1. The Morgan fingerprint density at radius 2 is 1.89 bits per heavy atom. The first-order chi connectivity index (χ1) is 8.47. The molecule has 0 aliphatic heterocycles. The molecule has 1 aliphatic rings. The first-order valence-corrected chi connectivity index (χ1v) is 7.89. The van der Waals surface area contributed by atoms with Gasteiger partial charge in [-0.3, -0.25) is 0 Å². The molecule has 1 aliphatic carbocycles. The van der Waals surface area contributed by atoms with E-state index < -0.39 is 15.6 Å². The van der Waals surface area contributed by atoms with Crippen LogP contribution in [0.2, 0.25) is 0 Å². The van der Waals surface area contributed by atoms with E-state index in [1.807, 2.05) is 0 Å². The van der Waals surface area contributed by atoms with Gasteiger partial charge in [0.15, 0.2) is 0 Å². The van der Waals surface area contributed by atoms with E-state index in [-0.39, 0.29) is 18.9 Å². The SMILES string of the molecule is COCCOCCS(=O)(=O)NCC1(O)CCCC1.